The van der Waals surface area contributed by atoms with Crippen molar-refractivity contribution in [2.45, 2.75) is 0 Å². The van der Waals surface area contributed by atoms with Crippen molar-refractivity contribution in [1.82, 2.24) is 0 Å². The Morgan fingerprint density at radius 1 is 1.40 bits per heavy atom. The predicted molar refractivity (Wildman–Crippen MR) is 23.1 cm³/mol. The van der Waals surface area contributed by atoms with Gasteiger partial charge in [0.1, 0.15) is 0 Å². The van der Waals surface area contributed by atoms with E-state index in [1.165, 1.54) is 0 Å². The van der Waals surface area contributed by atoms with Crippen molar-refractivity contribution in [2.24, 2.45) is 0 Å². The van der Waals surface area contributed by atoms with E-state index in [0.29, 0.717) is 0 Å². The lowest BCUT2D eigenvalue weighted by Gasteiger charge is -1.73. The van der Waals surface area contributed by atoms with Crippen LogP contribution in [-0.4, -0.2) is 4.55 Å². The summed E-state index contributed by atoms with van der Waals surface area (Å²) in [5.41, 5.74) is 0. The van der Waals surface area contributed by atoms with E-state index in [1.807, 2.05) is 0 Å². The highest BCUT2D eigenvalue weighted by atomic mass is 36.0. The third kappa shape index (κ3) is 51.6. The number of hydrogen-bond donors (Lipinski definition) is 0. The first-order valence-electron chi connectivity index (χ1n) is 0.475. The van der Waals surface area contributed by atoms with Crippen LogP contribution >= 0.6 is 21.4 Å². The second kappa shape index (κ2) is 4.89. The van der Waals surface area contributed by atoms with Gasteiger partial charge in [0.25, 0.3) is 0 Å². The average molecular weight is 131 g/mol. The molecule has 0 heterocycles. The number of halogens is 2. The molecule has 0 saturated carbocycles. The minimum atomic E-state index is -1.67. The normalized spacial score (nSPS) is 7.20. The molecule has 0 aromatic heterocycles. The first kappa shape index (κ1) is 9.31. The van der Waals surface area contributed by atoms with Gasteiger partial charge in [0, 0.05) is 7.43 Å². The summed E-state index contributed by atoms with van der Waals surface area (Å²) < 4.78 is 9.09. The summed E-state index contributed by atoms with van der Waals surface area (Å²) in [5.74, 6) is 0. The van der Waals surface area contributed by atoms with E-state index in [-0.39, 0.29) is 7.43 Å². The van der Waals surface area contributed by atoms with Crippen LogP contribution in [0.1, 0.15) is 0 Å². The van der Waals surface area contributed by atoms with Gasteiger partial charge in [0.05, 0.1) is 0 Å². The molecule has 0 rings (SSSR count). The molecule has 0 unspecified atom stereocenters. The van der Waals surface area contributed by atoms with Gasteiger partial charge in [-0.25, -0.2) is 0 Å². The van der Waals surface area contributed by atoms with Crippen LogP contribution in [0.4, 0.5) is 0 Å². The number of hydrogen-bond acceptors (Lipinski definition) is 1. The highest BCUT2D eigenvalue weighted by molar-refractivity contribution is 8.31. The molecule has 0 fully saturated rings. The standard InChI is InChI=1S/C.Cl2OS/c;1-4(2)3. The lowest BCUT2D eigenvalue weighted by atomic mass is 12.0. The summed E-state index contributed by atoms with van der Waals surface area (Å²) in [7, 11) is 7.36. The van der Waals surface area contributed by atoms with Gasteiger partial charge in [-0.15, -0.1) is 0 Å². The van der Waals surface area contributed by atoms with Crippen molar-refractivity contribution in [3.8, 4) is 0 Å². The second-order valence-electron chi connectivity index (χ2n) is 0.184. The lowest BCUT2D eigenvalue weighted by molar-refractivity contribution is 0.620. The smallest absolute Gasteiger partial charge is 0.198 e. The Morgan fingerprint density at radius 3 is 1.40 bits per heavy atom. The van der Waals surface area contributed by atoms with Gasteiger partial charge in [-0.1, -0.05) is 0 Å². The Bertz CT molecular complexity index is 14.4. The van der Waals surface area contributed by atoms with E-state index < -0.39 is 9.60 Å². The van der Waals surface area contributed by atoms with E-state index in [2.05, 4.69) is 21.4 Å². The maximum absolute atomic E-state index is 9.09. The van der Waals surface area contributed by atoms with E-state index in [1.54, 1.807) is 0 Å². The van der Waals surface area contributed by atoms with Gasteiger partial charge >= 0.3 is 0 Å². The molecule has 0 aliphatic heterocycles. The molecular formula is CCl2OS. The maximum Gasteiger partial charge on any atom is 0.198 e. The molecular weight excluding hydrogens is 131 g/mol. The lowest BCUT2D eigenvalue weighted by Crippen LogP contribution is -1.63. The van der Waals surface area contributed by atoms with Crippen LogP contribution in [0.3, 0.4) is 0 Å². The van der Waals surface area contributed by atoms with Gasteiger partial charge in [0.2, 0.25) is 0 Å². The van der Waals surface area contributed by atoms with Gasteiger partial charge < -0.3 is 4.55 Å². The quantitative estimate of drug-likeness (QED) is 0.451. The predicted octanol–water partition coefficient (Wildman–Crippen LogP) is 1.12. The minimum Gasteiger partial charge on any atom is -0.582 e. The van der Waals surface area contributed by atoms with Gasteiger partial charge in [-0.05, 0) is 0 Å². The highest BCUT2D eigenvalue weighted by Gasteiger charge is 1.83. The van der Waals surface area contributed by atoms with Crippen LogP contribution in [-0.2, 0) is 9.60 Å². The summed E-state index contributed by atoms with van der Waals surface area (Å²) in [6.45, 7) is 0. The molecule has 0 aromatic rings. The summed E-state index contributed by atoms with van der Waals surface area (Å²) in [5, 5.41) is 0. The van der Waals surface area contributed by atoms with E-state index >= 15 is 0 Å². The van der Waals surface area contributed by atoms with Crippen LogP contribution in [0, 0.1) is 7.43 Å². The maximum atomic E-state index is 9.09. The number of rotatable bonds is 0. The van der Waals surface area contributed by atoms with Crippen LogP contribution in [0.25, 0.3) is 0 Å². The summed E-state index contributed by atoms with van der Waals surface area (Å²) >= 11 is 0. The molecule has 0 amide bonds. The second-order valence-corrected chi connectivity index (χ2v) is 2.71. The average Bonchev–Trinajstić information content (AvgIpc) is 0.811. The Hall–Kier alpha value is 0.890. The molecule has 5 heavy (non-hydrogen) atoms. The third-order valence-electron chi connectivity index (χ3n) is 0. The largest absolute Gasteiger partial charge is 0.582 e. The molecule has 0 aliphatic rings. The molecule has 1 nitrogen and oxygen atoms in total. The van der Waals surface area contributed by atoms with E-state index in [0.717, 1.165) is 0 Å². The van der Waals surface area contributed by atoms with E-state index in [9.17, 15) is 0 Å². The molecule has 0 atom stereocenters. The van der Waals surface area contributed by atoms with Crippen LogP contribution < -0.4 is 0 Å². The monoisotopic (exact) mass is 130 g/mol. The topological polar surface area (TPSA) is 23.1 Å². The summed E-state index contributed by atoms with van der Waals surface area (Å²) in [4.78, 5) is 0. The highest BCUT2D eigenvalue weighted by Crippen LogP contribution is 1.98. The molecule has 0 bridgehead atoms. The van der Waals surface area contributed by atoms with Crippen molar-refractivity contribution >= 4 is 31.0 Å². The zero-order chi connectivity index (χ0) is 3.58. The Balaban J connectivity index is 0. The molecule has 0 N–H and O–H groups in total. The Labute approximate surface area is 43.5 Å². The van der Waals surface area contributed by atoms with Crippen LogP contribution in [0.2, 0.25) is 0 Å². The fourth-order valence-corrected chi connectivity index (χ4v) is 0. The van der Waals surface area contributed by atoms with Crippen molar-refractivity contribution in [1.29, 1.82) is 0 Å². The van der Waals surface area contributed by atoms with Gasteiger partial charge in [0.15, 0.2) is 31.0 Å². The van der Waals surface area contributed by atoms with Gasteiger partial charge in [-0.3, -0.25) is 0 Å². The Kier molecular flexibility index (Phi) is 9.10. The molecule has 0 spiro atoms. The van der Waals surface area contributed by atoms with Crippen molar-refractivity contribution in [3.63, 3.8) is 0 Å². The third-order valence-corrected chi connectivity index (χ3v) is 0. The first-order chi connectivity index (χ1) is 1.73. The van der Waals surface area contributed by atoms with Crippen LogP contribution in [0.5, 0.6) is 0 Å². The zero-order valence-electron chi connectivity index (χ0n) is 2.07. The Morgan fingerprint density at radius 2 is 1.40 bits per heavy atom. The van der Waals surface area contributed by atoms with Crippen molar-refractivity contribution in [3.05, 3.63) is 7.43 Å². The summed E-state index contributed by atoms with van der Waals surface area (Å²) in [6.07, 6.45) is 0. The van der Waals surface area contributed by atoms with Crippen molar-refractivity contribution in [2.75, 3.05) is 0 Å². The van der Waals surface area contributed by atoms with Crippen LogP contribution in [0.15, 0.2) is 0 Å². The summed E-state index contributed by atoms with van der Waals surface area (Å²) in [6, 6.07) is 0. The molecule has 0 aromatic carbocycles. The van der Waals surface area contributed by atoms with Gasteiger partial charge in [-0.2, -0.15) is 0 Å². The van der Waals surface area contributed by atoms with E-state index in [4.69, 9.17) is 4.55 Å². The molecule has 0 saturated heterocycles. The molecule has 4 radical (unpaired) electrons. The molecule has 4 heteroatoms. The fraction of sp³-hybridized carbons (Fsp3) is 0. The molecule has 30 valence electrons. The fourth-order valence-electron chi connectivity index (χ4n) is 0. The molecule has 0 aliphatic carbocycles. The first-order valence-corrected chi connectivity index (χ1v) is 3.28. The minimum absolute atomic E-state index is 0. The van der Waals surface area contributed by atoms with Crippen molar-refractivity contribution < 1.29 is 4.55 Å². The zero-order valence-corrected chi connectivity index (χ0v) is 4.40. The SMILES string of the molecule is [C].[O-][S+](Cl)Cl.